The molecule has 0 atom stereocenters. The second-order valence-electron chi connectivity index (χ2n) is 10.9. The molecule has 13 heteroatoms. The molecule has 0 unspecified atom stereocenters. The van der Waals surface area contributed by atoms with Crippen LogP contribution in [0.1, 0.15) is 35.8 Å². The van der Waals surface area contributed by atoms with Gasteiger partial charge in [-0.25, -0.2) is 4.39 Å². The summed E-state index contributed by atoms with van der Waals surface area (Å²) in [5, 5.41) is 21.4. The van der Waals surface area contributed by atoms with Gasteiger partial charge in [0.1, 0.15) is 28.6 Å². The quantitative estimate of drug-likeness (QED) is 0.160. The molecule has 6 rings (SSSR count). The second-order valence-corrected chi connectivity index (χ2v) is 12.1. The van der Waals surface area contributed by atoms with E-state index in [1.165, 1.54) is 50.7 Å². The highest BCUT2D eigenvalue weighted by Crippen LogP contribution is 2.35. The second kappa shape index (κ2) is 13.6. The standard InChI is InChI=1S/C34H31FN6O5S/c1-3-7-30(43)36-12-13-46-31-11-6-10-29(39-31)38-26-14-20(18-40(2)33(26)44)23-15-21(35)16-27(25(23)19-42)41-34(45)32-24(17-37-41)22-8-4-5-9-28(22)47-32/h6,10-11,14-18,42H,4-5,8-9,12-13,19H2,1-2H3,(H,36,43)(H,38,39). The van der Waals surface area contributed by atoms with Gasteiger partial charge in [0.25, 0.3) is 17.0 Å². The molecule has 0 spiro atoms. The summed E-state index contributed by atoms with van der Waals surface area (Å²) in [4.78, 5) is 43.9. The Kier molecular flexibility index (Phi) is 9.15. The van der Waals surface area contributed by atoms with Gasteiger partial charge in [0.2, 0.25) is 5.88 Å². The lowest BCUT2D eigenvalue weighted by Gasteiger charge is -2.17. The summed E-state index contributed by atoms with van der Waals surface area (Å²) in [7, 11) is 1.55. The molecule has 11 nitrogen and oxygen atoms in total. The Morgan fingerprint density at radius 3 is 2.81 bits per heavy atom. The van der Waals surface area contributed by atoms with E-state index in [0.29, 0.717) is 21.6 Å². The van der Waals surface area contributed by atoms with Gasteiger partial charge in [0, 0.05) is 46.8 Å². The van der Waals surface area contributed by atoms with Gasteiger partial charge in [-0.1, -0.05) is 12.0 Å². The molecule has 47 heavy (non-hydrogen) atoms. The van der Waals surface area contributed by atoms with Crippen LogP contribution in [0, 0.1) is 17.7 Å². The van der Waals surface area contributed by atoms with Gasteiger partial charge >= 0.3 is 0 Å². The van der Waals surface area contributed by atoms with Gasteiger partial charge in [0.15, 0.2) is 0 Å². The molecular formula is C34H31FN6O5S. The van der Waals surface area contributed by atoms with Gasteiger partial charge in [-0.3, -0.25) is 14.4 Å². The molecule has 4 aromatic heterocycles. The fraction of sp³-hybridized carbons (Fsp3) is 0.265. The lowest BCUT2D eigenvalue weighted by atomic mass is 9.97. The maximum atomic E-state index is 15.3. The first kappa shape index (κ1) is 31.7. The highest BCUT2D eigenvalue weighted by Gasteiger charge is 2.22. The normalized spacial score (nSPS) is 12.3. The van der Waals surface area contributed by atoms with Gasteiger partial charge < -0.3 is 25.0 Å². The van der Waals surface area contributed by atoms with E-state index in [1.807, 2.05) is 0 Å². The topological polar surface area (TPSA) is 140 Å². The predicted molar refractivity (Wildman–Crippen MR) is 178 cm³/mol. The fourth-order valence-corrected chi connectivity index (χ4v) is 6.97. The van der Waals surface area contributed by atoms with Crippen molar-refractivity contribution in [2.24, 2.45) is 7.05 Å². The number of aromatic nitrogens is 4. The van der Waals surface area contributed by atoms with Gasteiger partial charge in [-0.15, -0.1) is 11.3 Å². The Bertz CT molecular complexity index is 2200. The number of thiophene rings is 1. The number of carbonyl (C=O) groups excluding carboxylic acids is 1. The number of hydrogen-bond acceptors (Lipinski definition) is 9. The Hall–Kier alpha value is -5.32. The van der Waals surface area contributed by atoms with Crippen molar-refractivity contribution in [3.63, 3.8) is 0 Å². The summed E-state index contributed by atoms with van der Waals surface area (Å²) in [6.07, 6.45) is 7.14. The zero-order valence-corrected chi connectivity index (χ0v) is 26.5. The Balaban J connectivity index is 1.33. The Morgan fingerprint density at radius 2 is 2.00 bits per heavy atom. The highest BCUT2D eigenvalue weighted by atomic mass is 32.1. The fourth-order valence-electron chi connectivity index (χ4n) is 5.69. The number of nitrogens with zero attached hydrogens (tertiary/aromatic N) is 4. The summed E-state index contributed by atoms with van der Waals surface area (Å²) in [6.45, 7) is 1.43. The number of carbonyl (C=O) groups is 1. The molecule has 0 aliphatic heterocycles. The number of benzene rings is 1. The third-order valence-electron chi connectivity index (χ3n) is 7.84. The summed E-state index contributed by atoms with van der Waals surface area (Å²) >= 11 is 1.46. The molecular weight excluding hydrogens is 623 g/mol. The van der Waals surface area contributed by atoms with Crippen molar-refractivity contribution >= 4 is 38.8 Å². The molecule has 1 aliphatic rings. The van der Waals surface area contributed by atoms with E-state index in [9.17, 15) is 19.5 Å². The number of pyridine rings is 2. The van der Waals surface area contributed by atoms with Crippen LogP contribution in [0.15, 0.2) is 58.4 Å². The van der Waals surface area contributed by atoms with E-state index in [2.05, 4.69) is 32.6 Å². The minimum Gasteiger partial charge on any atom is -0.476 e. The molecule has 0 bridgehead atoms. The lowest BCUT2D eigenvalue weighted by molar-refractivity contribution is -0.115. The molecule has 240 valence electrons. The molecule has 1 aromatic carbocycles. The zero-order valence-electron chi connectivity index (χ0n) is 25.7. The third-order valence-corrected chi connectivity index (χ3v) is 9.13. The number of nitrogens with one attached hydrogen (secondary N) is 2. The summed E-state index contributed by atoms with van der Waals surface area (Å²) in [5.74, 6) is 4.42. The predicted octanol–water partition coefficient (Wildman–Crippen LogP) is 3.98. The number of aryl methyl sites for hydroxylation is 3. The van der Waals surface area contributed by atoms with Crippen LogP contribution < -0.4 is 26.5 Å². The first-order valence-electron chi connectivity index (χ1n) is 15.0. The number of hydrogen-bond donors (Lipinski definition) is 3. The lowest BCUT2D eigenvalue weighted by Crippen LogP contribution is -2.26. The van der Waals surface area contributed by atoms with E-state index in [4.69, 9.17) is 4.74 Å². The van der Waals surface area contributed by atoms with Crippen LogP contribution in [0.25, 0.3) is 26.9 Å². The van der Waals surface area contributed by atoms with Crippen LogP contribution >= 0.6 is 11.3 Å². The molecule has 0 saturated heterocycles. The van der Waals surface area contributed by atoms with Crippen LogP contribution in [0.4, 0.5) is 15.9 Å². The van der Waals surface area contributed by atoms with E-state index in [1.54, 1.807) is 38.4 Å². The summed E-state index contributed by atoms with van der Waals surface area (Å²) < 4.78 is 23.9. The van der Waals surface area contributed by atoms with Crippen molar-refractivity contribution < 1.29 is 19.0 Å². The number of ether oxygens (including phenoxy) is 1. The van der Waals surface area contributed by atoms with E-state index >= 15 is 4.39 Å². The minimum absolute atomic E-state index is 0.119. The van der Waals surface area contributed by atoms with Crippen LogP contribution in [-0.4, -0.2) is 43.5 Å². The Morgan fingerprint density at radius 1 is 1.17 bits per heavy atom. The van der Waals surface area contributed by atoms with Crippen molar-refractivity contribution in [2.45, 2.75) is 39.2 Å². The molecule has 1 amide bonds. The highest BCUT2D eigenvalue weighted by molar-refractivity contribution is 7.19. The van der Waals surface area contributed by atoms with Gasteiger partial charge in [-0.05, 0) is 67.9 Å². The zero-order chi connectivity index (χ0) is 33.1. The van der Waals surface area contributed by atoms with E-state index in [0.717, 1.165) is 35.8 Å². The molecule has 0 saturated carbocycles. The number of aliphatic hydroxyl groups excluding tert-OH is 1. The molecule has 3 N–H and O–H groups in total. The number of aliphatic hydroxyl groups is 1. The molecule has 4 heterocycles. The van der Waals surface area contributed by atoms with Crippen molar-refractivity contribution in [3.8, 4) is 34.5 Å². The minimum atomic E-state index is -0.640. The van der Waals surface area contributed by atoms with Crippen LogP contribution in [0.3, 0.4) is 0 Å². The monoisotopic (exact) mass is 654 g/mol. The van der Waals surface area contributed by atoms with E-state index < -0.39 is 18.3 Å². The molecule has 0 fully saturated rings. The van der Waals surface area contributed by atoms with Gasteiger partial charge in [-0.2, -0.15) is 14.8 Å². The van der Waals surface area contributed by atoms with Crippen molar-refractivity contribution in [1.29, 1.82) is 0 Å². The smallest absolute Gasteiger partial charge is 0.295 e. The number of halogens is 1. The van der Waals surface area contributed by atoms with Crippen molar-refractivity contribution in [1.82, 2.24) is 24.6 Å². The van der Waals surface area contributed by atoms with Gasteiger partial charge in [0.05, 0.1) is 25.0 Å². The molecule has 1 aliphatic carbocycles. The third kappa shape index (κ3) is 6.51. The summed E-state index contributed by atoms with van der Waals surface area (Å²) in [5.41, 5.74) is 1.65. The number of fused-ring (bicyclic) bond motifs is 3. The van der Waals surface area contributed by atoms with Crippen LogP contribution in [-0.2, 0) is 31.3 Å². The first-order valence-corrected chi connectivity index (χ1v) is 15.8. The first-order chi connectivity index (χ1) is 22.8. The number of anilines is 2. The molecule has 5 aromatic rings. The molecule has 0 radical (unpaired) electrons. The summed E-state index contributed by atoms with van der Waals surface area (Å²) in [6, 6.07) is 8.94. The SMILES string of the molecule is CC#CC(=O)NCCOc1cccc(Nc2cc(-c3cc(F)cc(-n4ncc5c6c(sc5c4=O)CCCC6)c3CO)cn(C)c2=O)n1. The maximum absolute atomic E-state index is 15.3. The average molecular weight is 655 g/mol. The Labute approximate surface area is 272 Å². The average Bonchev–Trinajstić information content (AvgIpc) is 3.45. The van der Waals surface area contributed by atoms with Crippen molar-refractivity contribution in [3.05, 3.63) is 91.3 Å². The van der Waals surface area contributed by atoms with Crippen molar-refractivity contribution in [2.75, 3.05) is 18.5 Å². The number of rotatable bonds is 9. The number of amides is 1. The van der Waals surface area contributed by atoms with Crippen LogP contribution in [0.5, 0.6) is 5.88 Å². The van der Waals surface area contributed by atoms with Crippen LogP contribution in [0.2, 0.25) is 0 Å². The maximum Gasteiger partial charge on any atom is 0.295 e. The largest absolute Gasteiger partial charge is 0.476 e. The van der Waals surface area contributed by atoms with E-state index in [-0.39, 0.29) is 47.1 Å².